The topological polar surface area (TPSA) is 98.0 Å². The number of benzene rings is 1. The second kappa shape index (κ2) is 9.38. The van der Waals surface area contributed by atoms with Crippen LogP contribution in [0.15, 0.2) is 53.6 Å². The molecule has 0 aliphatic heterocycles. The van der Waals surface area contributed by atoms with Gasteiger partial charge in [0.15, 0.2) is 0 Å². The van der Waals surface area contributed by atoms with Crippen molar-refractivity contribution in [3.63, 3.8) is 0 Å². The van der Waals surface area contributed by atoms with E-state index in [2.05, 4.69) is 15.7 Å². The summed E-state index contributed by atoms with van der Waals surface area (Å²) in [5.41, 5.74) is 1.88. The highest BCUT2D eigenvalue weighted by Gasteiger charge is 2.17. The number of nitrogens with zero attached hydrogens (tertiary/aromatic N) is 3. The lowest BCUT2D eigenvalue weighted by atomic mass is 10.1. The summed E-state index contributed by atoms with van der Waals surface area (Å²) in [6, 6.07) is 8.35. The molecule has 0 aliphatic carbocycles. The van der Waals surface area contributed by atoms with Gasteiger partial charge in [-0.15, -0.1) is 0 Å². The zero-order chi connectivity index (χ0) is 22.5. The summed E-state index contributed by atoms with van der Waals surface area (Å²) < 4.78 is 15.9. The van der Waals surface area contributed by atoms with Crippen molar-refractivity contribution < 1.29 is 14.0 Å². The predicted octanol–water partition coefficient (Wildman–Crippen LogP) is 1.84. The van der Waals surface area contributed by atoms with E-state index in [4.69, 9.17) is 0 Å². The van der Waals surface area contributed by atoms with Gasteiger partial charge in [-0.25, -0.2) is 4.39 Å². The Labute approximate surface area is 178 Å². The van der Waals surface area contributed by atoms with Crippen LogP contribution in [0.2, 0.25) is 0 Å². The molecule has 0 unspecified atom stereocenters. The summed E-state index contributed by atoms with van der Waals surface area (Å²) in [4.78, 5) is 37.6. The lowest BCUT2D eigenvalue weighted by Gasteiger charge is -2.15. The van der Waals surface area contributed by atoms with Crippen molar-refractivity contribution in [1.82, 2.24) is 25.0 Å². The number of carbonyl (C=O) groups excluding carboxylic acids is 2. The number of aromatic nitrogens is 3. The van der Waals surface area contributed by atoms with Gasteiger partial charge in [0.05, 0.1) is 12.2 Å². The first-order valence-corrected chi connectivity index (χ1v) is 9.76. The molecule has 0 radical (unpaired) electrons. The van der Waals surface area contributed by atoms with Crippen LogP contribution in [0.5, 0.6) is 0 Å². The van der Waals surface area contributed by atoms with Crippen LogP contribution in [0.1, 0.15) is 40.1 Å². The van der Waals surface area contributed by atoms with Crippen molar-refractivity contribution in [2.75, 3.05) is 0 Å². The number of hydrogen-bond donors (Lipinski definition) is 2. The van der Waals surface area contributed by atoms with Gasteiger partial charge in [-0.1, -0.05) is 12.1 Å². The molecule has 2 amide bonds. The third-order valence-electron chi connectivity index (χ3n) is 5.06. The second-order valence-corrected chi connectivity index (χ2v) is 7.26. The third-order valence-corrected chi connectivity index (χ3v) is 5.06. The van der Waals surface area contributed by atoms with E-state index in [1.807, 2.05) is 20.9 Å². The number of pyridine rings is 1. The smallest absolute Gasteiger partial charge is 0.263 e. The van der Waals surface area contributed by atoms with Gasteiger partial charge in [-0.05, 0) is 43.7 Å². The van der Waals surface area contributed by atoms with Crippen LogP contribution < -0.4 is 16.2 Å². The van der Waals surface area contributed by atoms with E-state index < -0.39 is 11.5 Å². The quantitative estimate of drug-likeness (QED) is 0.604. The Morgan fingerprint density at radius 1 is 1.19 bits per heavy atom. The van der Waals surface area contributed by atoms with E-state index in [9.17, 15) is 18.8 Å². The third kappa shape index (κ3) is 5.25. The average molecular weight is 425 g/mol. The van der Waals surface area contributed by atoms with E-state index in [-0.39, 0.29) is 36.4 Å². The molecule has 0 spiro atoms. The highest BCUT2D eigenvalue weighted by atomic mass is 19.1. The van der Waals surface area contributed by atoms with Gasteiger partial charge in [0.2, 0.25) is 5.91 Å². The number of nitrogens with one attached hydrogen (secondary N) is 2. The highest BCUT2D eigenvalue weighted by Crippen LogP contribution is 2.15. The van der Waals surface area contributed by atoms with Gasteiger partial charge >= 0.3 is 0 Å². The number of halogens is 1. The van der Waals surface area contributed by atoms with E-state index in [0.29, 0.717) is 5.56 Å². The summed E-state index contributed by atoms with van der Waals surface area (Å²) in [6.07, 6.45) is 3.15. The van der Waals surface area contributed by atoms with Crippen LogP contribution in [0.3, 0.4) is 0 Å². The monoisotopic (exact) mass is 425 g/mol. The van der Waals surface area contributed by atoms with Crippen molar-refractivity contribution in [3.8, 4) is 0 Å². The molecule has 31 heavy (non-hydrogen) atoms. The van der Waals surface area contributed by atoms with Crippen LogP contribution in [0.25, 0.3) is 0 Å². The first kappa shape index (κ1) is 21.9. The maximum Gasteiger partial charge on any atom is 0.263 e. The molecule has 0 aliphatic rings. The van der Waals surface area contributed by atoms with Gasteiger partial charge in [0, 0.05) is 31.0 Å². The Morgan fingerprint density at radius 3 is 2.55 bits per heavy atom. The molecule has 0 fully saturated rings. The summed E-state index contributed by atoms with van der Waals surface area (Å²) in [5.74, 6) is -1.29. The summed E-state index contributed by atoms with van der Waals surface area (Å²) >= 11 is 0. The van der Waals surface area contributed by atoms with Crippen LogP contribution >= 0.6 is 0 Å². The zero-order valence-corrected chi connectivity index (χ0v) is 17.6. The number of hydrogen-bond acceptors (Lipinski definition) is 4. The van der Waals surface area contributed by atoms with Crippen LogP contribution in [-0.2, 0) is 24.9 Å². The number of rotatable bonds is 7. The molecule has 2 N–H and O–H groups in total. The van der Waals surface area contributed by atoms with Crippen LogP contribution in [-0.4, -0.2) is 26.2 Å². The molecule has 2 aromatic heterocycles. The molecular weight excluding hydrogens is 401 g/mol. The maximum absolute atomic E-state index is 13.0. The van der Waals surface area contributed by atoms with Crippen LogP contribution in [0.4, 0.5) is 4.39 Å². The Bertz CT molecular complexity index is 1150. The van der Waals surface area contributed by atoms with Crippen LogP contribution in [0, 0.1) is 12.7 Å². The van der Waals surface area contributed by atoms with Gasteiger partial charge in [-0.3, -0.25) is 19.1 Å². The fraction of sp³-hybridized carbons (Fsp3) is 0.273. The number of amides is 2. The Kier molecular flexibility index (Phi) is 6.64. The minimum atomic E-state index is -0.570. The number of carbonyl (C=O) groups is 2. The molecule has 8 nitrogen and oxygen atoms in total. The molecule has 2 heterocycles. The molecule has 0 saturated heterocycles. The molecule has 1 aromatic carbocycles. The Morgan fingerprint density at radius 2 is 1.90 bits per heavy atom. The van der Waals surface area contributed by atoms with E-state index >= 15 is 0 Å². The van der Waals surface area contributed by atoms with Gasteiger partial charge in [-0.2, -0.15) is 5.10 Å². The SMILES string of the molecule is Cc1c([C@@H](C)NC(=O)Cn2cccc(C(=O)NCc3ccc(F)cc3)c2=O)cnn1C. The molecule has 1 atom stereocenters. The van der Waals surface area contributed by atoms with E-state index in [1.165, 1.54) is 35.0 Å². The van der Waals surface area contributed by atoms with E-state index in [0.717, 1.165) is 11.3 Å². The second-order valence-electron chi connectivity index (χ2n) is 7.26. The van der Waals surface area contributed by atoms with Crippen molar-refractivity contribution in [2.45, 2.75) is 33.0 Å². The number of aryl methyl sites for hydroxylation is 1. The van der Waals surface area contributed by atoms with Gasteiger partial charge in [0.25, 0.3) is 11.5 Å². The first-order valence-electron chi connectivity index (χ1n) is 9.76. The highest BCUT2D eigenvalue weighted by molar-refractivity contribution is 5.93. The molecule has 3 rings (SSSR count). The zero-order valence-electron chi connectivity index (χ0n) is 17.6. The van der Waals surface area contributed by atoms with Crippen molar-refractivity contribution in [1.29, 1.82) is 0 Å². The fourth-order valence-corrected chi connectivity index (χ4v) is 3.17. The molecule has 0 bridgehead atoms. The fourth-order valence-electron chi connectivity index (χ4n) is 3.17. The molecule has 3 aromatic rings. The van der Waals surface area contributed by atoms with E-state index in [1.54, 1.807) is 23.0 Å². The summed E-state index contributed by atoms with van der Waals surface area (Å²) in [5, 5.41) is 9.64. The minimum Gasteiger partial charge on any atom is -0.348 e. The summed E-state index contributed by atoms with van der Waals surface area (Å²) in [6.45, 7) is 3.67. The molecule has 0 saturated carbocycles. The lowest BCUT2D eigenvalue weighted by molar-refractivity contribution is -0.122. The van der Waals surface area contributed by atoms with Gasteiger partial charge in [0.1, 0.15) is 17.9 Å². The standard InChI is InChI=1S/C22H24FN5O3/c1-14(19-12-25-27(3)15(19)2)26-20(29)13-28-10-4-5-18(22(28)31)21(30)24-11-16-6-8-17(23)9-7-16/h4-10,12,14H,11,13H2,1-3H3,(H,24,30)(H,26,29)/t14-/m1/s1. The van der Waals surface area contributed by atoms with Gasteiger partial charge < -0.3 is 15.2 Å². The molecule has 162 valence electrons. The molecular formula is C22H24FN5O3. The Hall–Kier alpha value is -3.75. The summed E-state index contributed by atoms with van der Waals surface area (Å²) in [7, 11) is 1.82. The van der Waals surface area contributed by atoms with Crippen molar-refractivity contribution >= 4 is 11.8 Å². The predicted molar refractivity (Wildman–Crippen MR) is 113 cm³/mol. The Balaban J connectivity index is 1.65. The largest absolute Gasteiger partial charge is 0.348 e. The molecule has 9 heteroatoms. The lowest BCUT2D eigenvalue weighted by Crippen LogP contribution is -2.37. The normalized spacial score (nSPS) is 11.7. The first-order chi connectivity index (χ1) is 14.8. The van der Waals surface area contributed by atoms with Crippen molar-refractivity contribution in [2.24, 2.45) is 7.05 Å². The minimum absolute atomic E-state index is 0.0754. The average Bonchev–Trinajstić information content (AvgIpc) is 3.07. The maximum atomic E-state index is 13.0. The van der Waals surface area contributed by atoms with Crippen molar-refractivity contribution in [3.05, 3.63) is 87.3 Å².